The molecule has 0 unspecified atom stereocenters. The normalized spacial score (nSPS) is 13.4. The molecule has 0 saturated carbocycles. The Kier molecular flexibility index (Phi) is 7.05. The van der Waals surface area contributed by atoms with Crippen molar-refractivity contribution in [3.05, 3.63) is 67.2 Å². The van der Waals surface area contributed by atoms with Crippen LogP contribution in [-0.2, 0) is 0 Å². The first-order chi connectivity index (χ1) is 15.2. The van der Waals surface area contributed by atoms with Crippen molar-refractivity contribution in [2.75, 3.05) is 38.2 Å². The zero-order valence-corrected chi connectivity index (χ0v) is 18.4. The van der Waals surface area contributed by atoms with Gasteiger partial charge in [-0.2, -0.15) is 0 Å². The number of piperazine rings is 1. The summed E-state index contributed by atoms with van der Waals surface area (Å²) in [5.74, 6) is -0.543. The van der Waals surface area contributed by atoms with E-state index < -0.39 is 15.8 Å². The maximum atomic E-state index is 12.5. The van der Waals surface area contributed by atoms with E-state index in [9.17, 15) is 25.0 Å². The average Bonchev–Trinajstić information content (AvgIpc) is 2.78. The molecule has 3 rings (SSSR count). The molecule has 11 nitrogen and oxygen atoms in total. The van der Waals surface area contributed by atoms with Gasteiger partial charge in [-0.15, -0.1) is 0 Å². The van der Waals surface area contributed by atoms with Crippen molar-refractivity contribution < 1.29 is 19.4 Å². The van der Waals surface area contributed by atoms with E-state index in [2.05, 4.69) is 5.32 Å². The molecule has 1 saturated heterocycles. The predicted octanol–water partition coefficient (Wildman–Crippen LogP) is 3.00. The highest BCUT2D eigenvalue weighted by Crippen LogP contribution is 2.31. The van der Waals surface area contributed by atoms with Crippen molar-refractivity contribution in [1.82, 2.24) is 10.2 Å². The number of benzene rings is 2. The largest absolute Gasteiger partial charge is 0.490 e. The van der Waals surface area contributed by atoms with Crippen LogP contribution in [0.25, 0.3) is 0 Å². The van der Waals surface area contributed by atoms with Crippen molar-refractivity contribution in [2.24, 2.45) is 0 Å². The van der Waals surface area contributed by atoms with Gasteiger partial charge in [0, 0.05) is 48.9 Å². The van der Waals surface area contributed by atoms with Crippen molar-refractivity contribution >= 4 is 51.9 Å². The summed E-state index contributed by atoms with van der Waals surface area (Å²) in [6, 6.07) is 8.37. The molecule has 32 heavy (non-hydrogen) atoms. The monoisotopic (exact) mass is 479 g/mol. The minimum absolute atomic E-state index is 0.0431. The quantitative estimate of drug-likeness (QED) is 0.390. The molecule has 0 aromatic heterocycles. The van der Waals surface area contributed by atoms with Crippen LogP contribution in [0.15, 0.2) is 36.4 Å². The molecule has 2 aromatic carbocycles. The average molecular weight is 480 g/mol. The second-order valence-corrected chi connectivity index (χ2v) is 7.59. The standard InChI is InChI=1S/C19H18ClN5O6S/c1-31-17-5-2-12(10-16(17)25(29)30)18(26)21-19(32)23-8-6-22(7-9-23)14-4-3-13(20)11-15(14)24(27)28/h2-5,10-11H,6-9H2,1H3,(H,21,26,32). The summed E-state index contributed by atoms with van der Waals surface area (Å²) in [6.07, 6.45) is 0. The molecule has 0 aliphatic carbocycles. The van der Waals surface area contributed by atoms with E-state index >= 15 is 0 Å². The van der Waals surface area contributed by atoms with Crippen molar-refractivity contribution in [2.45, 2.75) is 0 Å². The summed E-state index contributed by atoms with van der Waals surface area (Å²) in [5.41, 5.74) is 0.113. The number of carbonyl (C=O) groups is 1. The first-order valence-electron chi connectivity index (χ1n) is 9.33. The molecule has 0 atom stereocenters. The highest BCUT2D eigenvalue weighted by molar-refractivity contribution is 7.80. The minimum atomic E-state index is -0.636. The van der Waals surface area contributed by atoms with E-state index in [0.717, 1.165) is 6.07 Å². The van der Waals surface area contributed by atoms with E-state index in [1.54, 1.807) is 17.0 Å². The fourth-order valence-electron chi connectivity index (χ4n) is 3.28. The second-order valence-electron chi connectivity index (χ2n) is 6.77. The highest BCUT2D eigenvalue weighted by atomic mass is 35.5. The number of carbonyl (C=O) groups excluding carboxylic acids is 1. The van der Waals surface area contributed by atoms with Crippen molar-refractivity contribution in [3.8, 4) is 5.75 Å². The summed E-state index contributed by atoms with van der Waals surface area (Å²) in [7, 11) is 1.30. The van der Waals surface area contributed by atoms with Gasteiger partial charge in [-0.25, -0.2) is 0 Å². The zero-order chi connectivity index (χ0) is 23.4. The first-order valence-corrected chi connectivity index (χ1v) is 10.1. The molecule has 1 fully saturated rings. The van der Waals surface area contributed by atoms with Crippen LogP contribution in [0.3, 0.4) is 0 Å². The number of ether oxygens (including phenoxy) is 1. The SMILES string of the molecule is COc1ccc(C(=O)NC(=S)N2CCN(c3ccc(Cl)cc3[N+](=O)[O-])CC2)cc1[N+](=O)[O-]. The molecule has 1 N–H and O–H groups in total. The predicted molar refractivity (Wildman–Crippen MR) is 122 cm³/mol. The van der Waals surface area contributed by atoms with E-state index in [-0.39, 0.29) is 32.8 Å². The fourth-order valence-corrected chi connectivity index (χ4v) is 3.72. The third-order valence-corrected chi connectivity index (χ3v) is 5.50. The number of methoxy groups -OCH3 is 1. The lowest BCUT2D eigenvalue weighted by Crippen LogP contribution is -2.52. The number of nitrogens with one attached hydrogen (secondary N) is 1. The number of halogens is 1. The van der Waals surface area contributed by atoms with Crippen LogP contribution in [-0.4, -0.2) is 59.1 Å². The Labute approximate surface area is 192 Å². The smallest absolute Gasteiger partial charge is 0.311 e. The van der Waals surface area contributed by atoms with Gasteiger partial charge in [0.25, 0.3) is 11.6 Å². The summed E-state index contributed by atoms with van der Waals surface area (Å²) < 4.78 is 4.93. The Morgan fingerprint density at radius 3 is 2.31 bits per heavy atom. The van der Waals surface area contributed by atoms with Crippen LogP contribution >= 0.6 is 23.8 Å². The van der Waals surface area contributed by atoms with Gasteiger partial charge in [-0.3, -0.25) is 30.3 Å². The lowest BCUT2D eigenvalue weighted by atomic mass is 10.1. The Hall–Kier alpha value is -3.51. The van der Waals surface area contributed by atoms with Gasteiger partial charge in [0.2, 0.25) is 0 Å². The van der Waals surface area contributed by atoms with Gasteiger partial charge in [0.15, 0.2) is 10.9 Å². The lowest BCUT2D eigenvalue weighted by molar-refractivity contribution is -0.385. The van der Waals surface area contributed by atoms with Crippen LogP contribution in [0, 0.1) is 20.2 Å². The summed E-state index contributed by atoms with van der Waals surface area (Å²) in [4.78, 5) is 37.5. The number of nitro groups is 2. The molecule has 1 amide bonds. The van der Waals surface area contributed by atoms with Crippen LogP contribution in [0.2, 0.25) is 5.02 Å². The molecule has 13 heteroatoms. The summed E-state index contributed by atoms with van der Waals surface area (Å²) in [6.45, 7) is 1.71. The molecule has 1 aliphatic heterocycles. The van der Waals surface area contributed by atoms with E-state index in [1.165, 1.54) is 25.3 Å². The molecule has 2 aromatic rings. The maximum Gasteiger partial charge on any atom is 0.311 e. The number of anilines is 1. The lowest BCUT2D eigenvalue weighted by Gasteiger charge is -2.37. The number of nitro benzene ring substituents is 2. The molecular weight excluding hydrogens is 462 g/mol. The van der Waals surface area contributed by atoms with Crippen LogP contribution in [0.5, 0.6) is 5.75 Å². The fraction of sp³-hybridized carbons (Fsp3) is 0.263. The van der Waals surface area contributed by atoms with E-state index in [4.69, 9.17) is 28.6 Å². The molecule has 168 valence electrons. The Morgan fingerprint density at radius 2 is 1.72 bits per heavy atom. The summed E-state index contributed by atoms with van der Waals surface area (Å²) in [5, 5.41) is 25.5. The number of nitrogens with zero attached hydrogens (tertiary/aromatic N) is 4. The molecule has 0 spiro atoms. The minimum Gasteiger partial charge on any atom is -0.490 e. The summed E-state index contributed by atoms with van der Waals surface area (Å²) >= 11 is 11.2. The van der Waals surface area contributed by atoms with Gasteiger partial charge < -0.3 is 14.5 Å². The Bertz CT molecular complexity index is 1090. The molecule has 0 bridgehead atoms. The van der Waals surface area contributed by atoms with E-state index in [1.807, 2.05) is 4.90 Å². The van der Waals surface area contributed by atoms with Gasteiger partial charge in [-0.1, -0.05) is 11.6 Å². The molecule has 1 aliphatic rings. The third kappa shape index (κ3) is 5.03. The van der Waals surface area contributed by atoms with Crippen molar-refractivity contribution in [3.63, 3.8) is 0 Å². The molecular formula is C19H18ClN5O6S. The zero-order valence-electron chi connectivity index (χ0n) is 16.8. The Balaban J connectivity index is 1.64. The number of hydrogen-bond acceptors (Lipinski definition) is 8. The highest BCUT2D eigenvalue weighted by Gasteiger charge is 2.26. The Morgan fingerprint density at radius 1 is 1.06 bits per heavy atom. The number of thiocarbonyl (C=S) groups is 1. The van der Waals surface area contributed by atoms with Crippen molar-refractivity contribution in [1.29, 1.82) is 0 Å². The topological polar surface area (TPSA) is 131 Å². The van der Waals surface area contributed by atoms with Gasteiger partial charge in [0.05, 0.1) is 17.0 Å². The van der Waals surface area contributed by atoms with Crippen LogP contribution < -0.4 is 15.0 Å². The van der Waals surface area contributed by atoms with Crippen LogP contribution in [0.4, 0.5) is 17.1 Å². The molecule has 0 radical (unpaired) electrons. The molecule has 1 heterocycles. The van der Waals surface area contributed by atoms with E-state index in [0.29, 0.717) is 31.9 Å². The first kappa shape index (κ1) is 23.2. The van der Waals surface area contributed by atoms with Gasteiger partial charge in [-0.05, 0) is 36.5 Å². The number of hydrogen-bond donors (Lipinski definition) is 1. The number of amides is 1. The van der Waals surface area contributed by atoms with Gasteiger partial charge >= 0.3 is 5.69 Å². The van der Waals surface area contributed by atoms with Crippen LogP contribution in [0.1, 0.15) is 10.4 Å². The second kappa shape index (κ2) is 9.75. The van der Waals surface area contributed by atoms with Gasteiger partial charge in [0.1, 0.15) is 5.69 Å². The third-order valence-electron chi connectivity index (χ3n) is 4.90. The number of rotatable bonds is 5. The maximum absolute atomic E-state index is 12.5.